The molecule has 23 heavy (non-hydrogen) atoms. The number of H-pyrrole nitrogens is 1. The van der Waals surface area contributed by atoms with Gasteiger partial charge in [0.15, 0.2) is 6.10 Å². The lowest BCUT2D eigenvalue weighted by Crippen LogP contribution is -2.55. The summed E-state index contributed by atoms with van der Waals surface area (Å²) in [5.41, 5.74) is 3.11. The number of carbonyl (C=O) groups is 1. The minimum atomic E-state index is -0.466. The summed E-state index contributed by atoms with van der Waals surface area (Å²) in [7, 11) is 0. The SMILES string of the molecule is Cc1cc2c(cc1C)O[C@@H](C(=O)NC1(c3ncn[nH]3)CCC1)C2. The minimum absolute atomic E-state index is 0.0763. The molecule has 1 atom stereocenters. The maximum Gasteiger partial charge on any atom is 0.262 e. The predicted molar refractivity (Wildman–Crippen MR) is 84.1 cm³/mol. The van der Waals surface area contributed by atoms with Crippen LogP contribution in [0.25, 0.3) is 0 Å². The Bertz CT molecular complexity index is 719. The van der Waals surface area contributed by atoms with Gasteiger partial charge in [-0.25, -0.2) is 4.98 Å². The highest BCUT2D eigenvalue weighted by Crippen LogP contribution is 2.40. The Kier molecular flexibility index (Phi) is 3.14. The van der Waals surface area contributed by atoms with Crippen molar-refractivity contribution >= 4 is 5.91 Å². The second-order valence-electron chi connectivity index (χ2n) is 6.61. The molecule has 2 N–H and O–H groups in total. The van der Waals surface area contributed by atoms with Gasteiger partial charge in [0.1, 0.15) is 17.9 Å². The Morgan fingerprint density at radius 1 is 1.35 bits per heavy atom. The van der Waals surface area contributed by atoms with Crippen LogP contribution in [0.3, 0.4) is 0 Å². The van der Waals surface area contributed by atoms with Crippen molar-refractivity contribution in [2.45, 2.75) is 51.2 Å². The van der Waals surface area contributed by atoms with Crippen LogP contribution >= 0.6 is 0 Å². The van der Waals surface area contributed by atoms with Gasteiger partial charge in [-0.15, -0.1) is 0 Å². The van der Waals surface area contributed by atoms with Crippen molar-refractivity contribution < 1.29 is 9.53 Å². The van der Waals surface area contributed by atoms with E-state index in [0.29, 0.717) is 6.42 Å². The van der Waals surface area contributed by atoms with E-state index >= 15 is 0 Å². The first-order valence-electron chi connectivity index (χ1n) is 8.02. The van der Waals surface area contributed by atoms with E-state index in [1.165, 1.54) is 17.5 Å². The van der Waals surface area contributed by atoms with Crippen LogP contribution in [0.4, 0.5) is 0 Å². The number of nitrogens with zero attached hydrogens (tertiary/aromatic N) is 2. The van der Waals surface area contributed by atoms with Crippen LogP contribution in [0, 0.1) is 13.8 Å². The minimum Gasteiger partial charge on any atom is -0.480 e. The number of aromatic amines is 1. The first-order chi connectivity index (χ1) is 11.1. The lowest BCUT2D eigenvalue weighted by molar-refractivity contribution is -0.130. The van der Waals surface area contributed by atoms with Crippen LogP contribution in [0.1, 0.15) is 41.8 Å². The van der Waals surface area contributed by atoms with Gasteiger partial charge in [-0.05, 0) is 55.9 Å². The summed E-state index contributed by atoms with van der Waals surface area (Å²) in [6, 6.07) is 4.14. The smallest absolute Gasteiger partial charge is 0.262 e. The zero-order valence-corrected chi connectivity index (χ0v) is 13.3. The van der Waals surface area contributed by atoms with Crippen LogP contribution in [0.15, 0.2) is 18.5 Å². The van der Waals surface area contributed by atoms with Gasteiger partial charge >= 0.3 is 0 Å². The molecule has 1 aliphatic carbocycles. The number of benzene rings is 1. The fourth-order valence-corrected chi connectivity index (χ4v) is 3.36. The number of amides is 1. The first-order valence-corrected chi connectivity index (χ1v) is 8.02. The van der Waals surface area contributed by atoms with Gasteiger partial charge < -0.3 is 10.1 Å². The van der Waals surface area contributed by atoms with E-state index in [2.05, 4.69) is 40.4 Å². The third kappa shape index (κ3) is 2.29. The lowest BCUT2D eigenvalue weighted by atomic mass is 9.76. The number of carbonyl (C=O) groups excluding carboxylic acids is 1. The van der Waals surface area contributed by atoms with E-state index in [1.807, 2.05) is 6.07 Å². The normalized spacial score (nSPS) is 21.2. The van der Waals surface area contributed by atoms with E-state index in [9.17, 15) is 4.79 Å². The van der Waals surface area contributed by atoms with E-state index in [0.717, 1.165) is 36.4 Å². The molecule has 0 saturated heterocycles. The molecular weight excluding hydrogens is 292 g/mol. The first kappa shape index (κ1) is 14.2. The number of fused-ring (bicyclic) bond motifs is 1. The zero-order chi connectivity index (χ0) is 16.0. The molecule has 4 rings (SSSR count). The van der Waals surface area contributed by atoms with E-state index in [1.54, 1.807) is 0 Å². The fraction of sp³-hybridized carbons (Fsp3) is 0.471. The number of hydrogen-bond donors (Lipinski definition) is 2. The van der Waals surface area contributed by atoms with E-state index in [4.69, 9.17) is 4.74 Å². The van der Waals surface area contributed by atoms with Crippen molar-refractivity contribution in [2.24, 2.45) is 0 Å². The summed E-state index contributed by atoms with van der Waals surface area (Å²) in [5.74, 6) is 1.49. The maximum atomic E-state index is 12.7. The molecular formula is C17H20N4O2. The van der Waals surface area contributed by atoms with Gasteiger partial charge in [-0.3, -0.25) is 9.89 Å². The maximum absolute atomic E-state index is 12.7. The highest BCUT2D eigenvalue weighted by Gasteiger charge is 2.44. The molecule has 2 aromatic rings. The molecule has 1 aromatic carbocycles. The topological polar surface area (TPSA) is 79.9 Å². The summed E-state index contributed by atoms with van der Waals surface area (Å²) in [4.78, 5) is 16.9. The Labute approximate surface area is 134 Å². The fourth-order valence-electron chi connectivity index (χ4n) is 3.36. The summed E-state index contributed by atoms with van der Waals surface area (Å²) in [6.45, 7) is 4.13. The van der Waals surface area contributed by atoms with Crippen molar-refractivity contribution in [3.05, 3.63) is 41.0 Å². The van der Waals surface area contributed by atoms with Crippen LogP contribution in [0.5, 0.6) is 5.75 Å². The van der Waals surface area contributed by atoms with Crippen molar-refractivity contribution in [3.63, 3.8) is 0 Å². The average Bonchev–Trinajstić information content (AvgIpc) is 3.12. The average molecular weight is 312 g/mol. The van der Waals surface area contributed by atoms with Gasteiger partial charge in [-0.1, -0.05) is 6.07 Å². The van der Waals surface area contributed by atoms with Gasteiger partial charge in [0.25, 0.3) is 5.91 Å². The summed E-state index contributed by atoms with van der Waals surface area (Å²) >= 11 is 0. The number of rotatable bonds is 3. The highest BCUT2D eigenvalue weighted by atomic mass is 16.5. The van der Waals surface area contributed by atoms with Gasteiger partial charge in [0, 0.05) is 6.42 Å². The Morgan fingerprint density at radius 3 is 2.78 bits per heavy atom. The van der Waals surface area contributed by atoms with E-state index in [-0.39, 0.29) is 5.91 Å². The molecule has 0 radical (unpaired) electrons. The van der Waals surface area contributed by atoms with Crippen LogP contribution < -0.4 is 10.1 Å². The molecule has 0 unspecified atom stereocenters. The number of ether oxygens (including phenoxy) is 1. The Balaban J connectivity index is 1.51. The molecule has 1 aliphatic heterocycles. The van der Waals surface area contributed by atoms with Crippen molar-refractivity contribution in [2.75, 3.05) is 0 Å². The van der Waals surface area contributed by atoms with Crippen LogP contribution in [-0.4, -0.2) is 27.2 Å². The summed E-state index contributed by atoms with van der Waals surface area (Å²) in [5, 5.41) is 9.94. The number of nitrogens with one attached hydrogen (secondary N) is 2. The van der Waals surface area contributed by atoms with Crippen molar-refractivity contribution in [3.8, 4) is 5.75 Å². The lowest BCUT2D eigenvalue weighted by Gasteiger charge is -2.40. The number of hydrogen-bond acceptors (Lipinski definition) is 4. The predicted octanol–water partition coefficient (Wildman–Crippen LogP) is 1.92. The molecule has 0 spiro atoms. The summed E-state index contributed by atoms with van der Waals surface area (Å²) in [6.07, 6.45) is 4.47. The highest BCUT2D eigenvalue weighted by molar-refractivity contribution is 5.83. The number of aromatic nitrogens is 3. The van der Waals surface area contributed by atoms with Crippen molar-refractivity contribution in [1.29, 1.82) is 0 Å². The van der Waals surface area contributed by atoms with E-state index < -0.39 is 11.6 Å². The Hall–Kier alpha value is -2.37. The molecule has 1 fully saturated rings. The van der Waals surface area contributed by atoms with Gasteiger partial charge in [0.2, 0.25) is 0 Å². The molecule has 1 aromatic heterocycles. The van der Waals surface area contributed by atoms with Crippen molar-refractivity contribution in [1.82, 2.24) is 20.5 Å². The van der Waals surface area contributed by atoms with Crippen LogP contribution in [-0.2, 0) is 16.8 Å². The third-order valence-electron chi connectivity index (χ3n) is 5.08. The molecule has 1 amide bonds. The molecule has 1 saturated carbocycles. The molecule has 6 heteroatoms. The molecule has 120 valence electrons. The molecule has 2 heterocycles. The van der Waals surface area contributed by atoms with Crippen LogP contribution in [0.2, 0.25) is 0 Å². The molecule has 6 nitrogen and oxygen atoms in total. The second-order valence-corrected chi connectivity index (χ2v) is 6.61. The third-order valence-corrected chi connectivity index (χ3v) is 5.08. The standard InChI is InChI=1S/C17H20N4O2/c1-10-6-12-8-14(23-13(12)7-11(10)2)15(22)20-17(4-3-5-17)16-18-9-19-21-16/h6-7,9,14H,3-5,8H2,1-2H3,(H,20,22)(H,18,19,21)/t14-/m1/s1. The number of aryl methyl sites for hydroxylation is 2. The largest absolute Gasteiger partial charge is 0.480 e. The Morgan fingerprint density at radius 2 is 2.13 bits per heavy atom. The summed E-state index contributed by atoms with van der Waals surface area (Å²) < 4.78 is 5.88. The quantitative estimate of drug-likeness (QED) is 0.907. The monoisotopic (exact) mass is 312 g/mol. The van der Waals surface area contributed by atoms with Gasteiger partial charge in [-0.2, -0.15) is 5.10 Å². The molecule has 0 bridgehead atoms. The molecule has 2 aliphatic rings. The second kappa shape index (κ2) is 5.08. The van der Waals surface area contributed by atoms with Gasteiger partial charge in [0.05, 0.1) is 5.54 Å². The zero-order valence-electron chi connectivity index (χ0n) is 13.3.